The molecule has 1 aliphatic rings. The van der Waals surface area contributed by atoms with Crippen molar-refractivity contribution in [2.75, 3.05) is 25.5 Å². The Kier molecular flexibility index (Phi) is 6.73. The summed E-state index contributed by atoms with van der Waals surface area (Å²) < 4.78 is 18.5. The Morgan fingerprint density at radius 2 is 2.18 bits per heavy atom. The third kappa shape index (κ3) is 4.73. The maximum Gasteiger partial charge on any atom is 0.317 e. The molecule has 1 saturated heterocycles. The van der Waals surface area contributed by atoms with Crippen molar-refractivity contribution in [3.63, 3.8) is 0 Å². The number of aromatic nitrogens is 2. The fourth-order valence-corrected chi connectivity index (χ4v) is 4.20. The molecule has 0 spiro atoms. The third-order valence-corrected chi connectivity index (χ3v) is 6.09. The first-order valence-corrected chi connectivity index (χ1v) is 10.1. The predicted molar refractivity (Wildman–Crippen MR) is 105 cm³/mol. The van der Waals surface area contributed by atoms with Crippen LogP contribution in [0.5, 0.6) is 0 Å². The number of rotatable bonds is 4. The van der Waals surface area contributed by atoms with E-state index in [1.807, 2.05) is 0 Å². The molecule has 1 aliphatic heterocycles. The molecule has 0 atom stereocenters. The highest BCUT2D eigenvalue weighted by atomic mass is 79.9. The molecule has 3 N–H and O–H groups in total. The maximum absolute atomic E-state index is 13.4. The number of halogens is 2. The molecule has 2 amide bonds. The molecule has 0 radical (unpaired) electrons. The van der Waals surface area contributed by atoms with E-state index in [0.29, 0.717) is 23.8 Å². The molecule has 1 fully saturated rings. The van der Waals surface area contributed by atoms with Crippen LogP contribution in [-0.4, -0.2) is 57.7 Å². The van der Waals surface area contributed by atoms with Crippen molar-refractivity contribution in [2.45, 2.75) is 23.1 Å². The van der Waals surface area contributed by atoms with Gasteiger partial charge in [-0.3, -0.25) is 0 Å². The molecule has 0 bridgehead atoms. The SMILES string of the molecule is CNC(=O)N1CCC(Sc2nonc2/C(=N\O)Nc2ccc(F)c(Br)c2)CC1. The Bertz CT molecular complexity index is 872. The lowest BCUT2D eigenvalue weighted by molar-refractivity contribution is 0.190. The fraction of sp³-hybridized carbons (Fsp3) is 0.375. The number of urea groups is 1. The van der Waals surface area contributed by atoms with Crippen LogP contribution in [0.1, 0.15) is 18.5 Å². The van der Waals surface area contributed by atoms with E-state index in [9.17, 15) is 14.4 Å². The number of nitrogens with one attached hydrogen (secondary N) is 2. The van der Waals surface area contributed by atoms with E-state index < -0.39 is 5.82 Å². The minimum absolute atomic E-state index is 0.0325. The van der Waals surface area contributed by atoms with Crippen LogP contribution in [0.15, 0.2) is 37.5 Å². The monoisotopic (exact) mass is 472 g/mol. The van der Waals surface area contributed by atoms with Crippen LogP contribution in [0.4, 0.5) is 14.9 Å². The number of amides is 2. The molecule has 2 aromatic rings. The lowest BCUT2D eigenvalue weighted by atomic mass is 10.1. The highest BCUT2D eigenvalue weighted by Crippen LogP contribution is 2.31. The molecule has 2 heterocycles. The lowest BCUT2D eigenvalue weighted by Crippen LogP contribution is -2.43. The van der Waals surface area contributed by atoms with Crippen LogP contribution in [0.3, 0.4) is 0 Å². The van der Waals surface area contributed by atoms with E-state index in [1.54, 1.807) is 11.9 Å². The van der Waals surface area contributed by atoms with Crippen LogP contribution in [-0.2, 0) is 0 Å². The van der Waals surface area contributed by atoms with Crippen molar-refractivity contribution in [3.05, 3.63) is 34.2 Å². The number of nitrogens with zero attached hydrogens (tertiary/aromatic N) is 4. The predicted octanol–water partition coefficient (Wildman–Crippen LogP) is 3.12. The smallest absolute Gasteiger partial charge is 0.317 e. The second-order valence-corrected chi connectivity index (χ2v) is 8.12. The van der Waals surface area contributed by atoms with E-state index >= 15 is 0 Å². The molecule has 28 heavy (non-hydrogen) atoms. The second-order valence-electron chi connectivity index (χ2n) is 5.98. The number of carbonyl (C=O) groups is 1. The molecule has 0 unspecified atom stereocenters. The largest absolute Gasteiger partial charge is 0.409 e. The summed E-state index contributed by atoms with van der Waals surface area (Å²) in [4.78, 5) is 13.4. The van der Waals surface area contributed by atoms with Crippen LogP contribution in [0.25, 0.3) is 0 Å². The first-order valence-electron chi connectivity index (χ1n) is 8.42. The Labute approximate surface area is 172 Å². The number of hydrogen-bond donors (Lipinski definition) is 3. The maximum atomic E-state index is 13.4. The number of thioether (sulfide) groups is 1. The van der Waals surface area contributed by atoms with Crippen LogP contribution >= 0.6 is 27.7 Å². The number of carbonyl (C=O) groups excluding carboxylic acids is 1. The van der Waals surface area contributed by atoms with Gasteiger partial charge in [0.2, 0.25) is 5.84 Å². The zero-order valence-corrected chi connectivity index (χ0v) is 17.3. The standard InChI is InChI=1S/C16H18BrFN6O3S/c1-19-16(25)24-6-4-10(5-7-24)28-15-13(22-27-23-15)14(21-26)20-9-2-3-12(18)11(17)8-9/h2-3,8,10,26H,4-7H2,1H3,(H,19,25)(H,20,21). The molecule has 1 aromatic heterocycles. The van der Waals surface area contributed by atoms with Gasteiger partial charge in [0.15, 0.2) is 10.7 Å². The van der Waals surface area contributed by atoms with Crippen LogP contribution < -0.4 is 10.6 Å². The highest BCUT2D eigenvalue weighted by molar-refractivity contribution is 9.10. The summed E-state index contributed by atoms with van der Waals surface area (Å²) in [5.41, 5.74) is 0.751. The first-order chi connectivity index (χ1) is 13.5. The van der Waals surface area contributed by atoms with Crippen molar-refractivity contribution in [1.82, 2.24) is 20.5 Å². The lowest BCUT2D eigenvalue weighted by Gasteiger charge is -2.30. The summed E-state index contributed by atoms with van der Waals surface area (Å²) in [5, 5.41) is 26.6. The minimum atomic E-state index is -0.407. The third-order valence-electron chi connectivity index (χ3n) is 4.19. The van der Waals surface area contributed by atoms with Crippen molar-refractivity contribution in [2.24, 2.45) is 5.16 Å². The molecule has 3 rings (SSSR count). The molecule has 12 heteroatoms. The number of oxime groups is 1. The second kappa shape index (κ2) is 9.24. The van der Waals surface area contributed by atoms with Crippen molar-refractivity contribution in [1.29, 1.82) is 0 Å². The zero-order valence-electron chi connectivity index (χ0n) is 14.9. The zero-order chi connectivity index (χ0) is 20.1. The molecule has 0 aliphatic carbocycles. The number of anilines is 1. The Morgan fingerprint density at radius 3 is 2.82 bits per heavy atom. The summed E-state index contributed by atoms with van der Waals surface area (Å²) in [5.74, 6) is -0.375. The van der Waals surface area contributed by atoms with Gasteiger partial charge in [-0.25, -0.2) is 13.8 Å². The molecule has 150 valence electrons. The Hall–Kier alpha value is -2.34. The number of likely N-dealkylation sites (tertiary alicyclic amines) is 1. The molecule has 1 aromatic carbocycles. The van der Waals surface area contributed by atoms with E-state index in [1.165, 1.54) is 30.0 Å². The van der Waals surface area contributed by atoms with Gasteiger partial charge in [-0.1, -0.05) is 16.9 Å². The van der Waals surface area contributed by atoms with E-state index in [-0.39, 0.29) is 27.3 Å². The number of amidine groups is 1. The fourth-order valence-electron chi connectivity index (χ4n) is 2.74. The average Bonchev–Trinajstić information content (AvgIpc) is 3.16. The van der Waals surface area contributed by atoms with Gasteiger partial charge in [-0.05, 0) is 57.3 Å². The van der Waals surface area contributed by atoms with Gasteiger partial charge in [0.05, 0.1) is 4.47 Å². The van der Waals surface area contributed by atoms with E-state index in [2.05, 4.69) is 42.0 Å². The van der Waals surface area contributed by atoms with Gasteiger partial charge < -0.3 is 20.7 Å². The molecule has 9 nitrogen and oxygen atoms in total. The van der Waals surface area contributed by atoms with E-state index in [0.717, 1.165) is 12.8 Å². The quantitative estimate of drug-likeness (QED) is 0.271. The van der Waals surface area contributed by atoms with Crippen LogP contribution in [0.2, 0.25) is 0 Å². The van der Waals surface area contributed by atoms with Crippen LogP contribution in [0, 0.1) is 5.82 Å². The molecular formula is C16H18BrFN6O3S. The highest BCUT2D eigenvalue weighted by Gasteiger charge is 2.26. The summed E-state index contributed by atoms with van der Waals surface area (Å²) >= 11 is 4.56. The summed E-state index contributed by atoms with van der Waals surface area (Å²) in [6, 6.07) is 4.20. The Balaban J connectivity index is 1.67. The van der Waals surface area contributed by atoms with Gasteiger partial charge in [0, 0.05) is 31.1 Å². The first kappa shape index (κ1) is 20.4. The topological polar surface area (TPSA) is 116 Å². The Morgan fingerprint density at radius 1 is 1.43 bits per heavy atom. The molecular weight excluding hydrogens is 455 g/mol. The van der Waals surface area contributed by atoms with Crippen molar-refractivity contribution in [3.8, 4) is 0 Å². The summed E-state index contributed by atoms with van der Waals surface area (Å²) in [6.07, 6.45) is 1.57. The minimum Gasteiger partial charge on any atom is -0.409 e. The number of hydrogen-bond acceptors (Lipinski definition) is 7. The van der Waals surface area contributed by atoms with Crippen molar-refractivity contribution >= 4 is 45.2 Å². The summed E-state index contributed by atoms with van der Waals surface area (Å²) in [7, 11) is 1.61. The van der Waals surface area contributed by atoms with Gasteiger partial charge in [0.25, 0.3) is 0 Å². The van der Waals surface area contributed by atoms with Gasteiger partial charge >= 0.3 is 6.03 Å². The molecule has 0 saturated carbocycles. The van der Waals surface area contributed by atoms with Crippen molar-refractivity contribution < 1.29 is 19.0 Å². The number of piperidine rings is 1. The number of benzene rings is 1. The summed E-state index contributed by atoms with van der Waals surface area (Å²) in [6.45, 7) is 1.28. The van der Waals surface area contributed by atoms with Gasteiger partial charge in [-0.15, -0.1) is 0 Å². The van der Waals surface area contributed by atoms with Gasteiger partial charge in [-0.2, -0.15) is 0 Å². The average molecular weight is 473 g/mol. The van der Waals surface area contributed by atoms with Gasteiger partial charge in [0.1, 0.15) is 5.82 Å². The normalized spacial score (nSPS) is 15.5. The van der Waals surface area contributed by atoms with E-state index in [4.69, 9.17) is 4.63 Å².